The van der Waals surface area contributed by atoms with E-state index < -0.39 is 0 Å². The van der Waals surface area contributed by atoms with Crippen molar-refractivity contribution >= 4 is 16.5 Å². The van der Waals surface area contributed by atoms with Crippen molar-refractivity contribution in [2.45, 2.75) is 45.2 Å². The minimum Gasteiger partial charge on any atom is -0.375 e. The highest BCUT2D eigenvalue weighted by atomic mass is 32.1. The van der Waals surface area contributed by atoms with Crippen LogP contribution in [0.5, 0.6) is 0 Å². The molecule has 3 nitrogen and oxygen atoms in total. The molecule has 1 fully saturated rings. The lowest BCUT2D eigenvalue weighted by Crippen LogP contribution is -2.32. The van der Waals surface area contributed by atoms with Gasteiger partial charge in [0.25, 0.3) is 0 Å². The van der Waals surface area contributed by atoms with Crippen molar-refractivity contribution in [2.75, 3.05) is 12.3 Å². The van der Waals surface area contributed by atoms with Gasteiger partial charge in [-0.1, -0.05) is 19.8 Å². The molecule has 0 unspecified atom stereocenters. The molecule has 2 N–H and O–H groups in total. The molecule has 2 rings (SSSR count). The molecule has 1 saturated carbocycles. The highest BCUT2D eigenvalue weighted by molar-refractivity contribution is 7.13. The van der Waals surface area contributed by atoms with Gasteiger partial charge in [0.05, 0.1) is 5.69 Å². The van der Waals surface area contributed by atoms with Crippen molar-refractivity contribution < 1.29 is 0 Å². The third-order valence-corrected chi connectivity index (χ3v) is 3.90. The number of thiazole rings is 1. The second kappa shape index (κ2) is 4.94. The number of nitrogen functional groups attached to an aromatic ring is 1. The molecule has 1 heterocycles. The van der Waals surface area contributed by atoms with Gasteiger partial charge in [-0.25, -0.2) is 4.98 Å². The van der Waals surface area contributed by atoms with Gasteiger partial charge in [-0.05, 0) is 19.4 Å². The first-order valence-electron chi connectivity index (χ1n) is 5.73. The summed E-state index contributed by atoms with van der Waals surface area (Å²) >= 11 is 1.54. The Labute approximate surface area is 95.3 Å². The Morgan fingerprint density at radius 1 is 1.53 bits per heavy atom. The van der Waals surface area contributed by atoms with Crippen LogP contribution in [0.15, 0.2) is 5.38 Å². The molecule has 0 amide bonds. The van der Waals surface area contributed by atoms with E-state index >= 15 is 0 Å². The molecule has 0 radical (unpaired) electrons. The lowest BCUT2D eigenvalue weighted by molar-refractivity contribution is 0.198. The van der Waals surface area contributed by atoms with E-state index in [1.165, 1.54) is 37.0 Å². The third-order valence-electron chi connectivity index (χ3n) is 3.18. The van der Waals surface area contributed by atoms with E-state index in [9.17, 15) is 0 Å². The van der Waals surface area contributed by atoms with Gasteiger partial charge in [-0.15, -0.1) is 11.3 Å². The molecule has 0 saturated heterocycles. The summed E-state index contributed by atoms with van der Waals surface area (Å²) in [7, 11) is 0. The molecule has 1 aliphatic rings. The zero-order chi connectivity index (χ0) is 10.7. The van der Waals surface area contributed by atoms with Crippen molar-refractivity contribution in [3.05, 3.63) is 11.1 Å². The van der Waals surface area contributed by atoms with Crippen molar-refractivity contribution in [3.8, 4) is 0 Å². The van der Waals surface area contributed by atoms with E-state index in [-0.39, 0.29) is 0 Å². The van der Waals surface area contributed by atoms with Crippen LogP contribution in [-0.2, 0) is 6.54 Å². The summed E-state index contributed by atoms with van der Waals surface area (Å²) < 4.78 is 0. The van der Waals surface area contributed by atoms with Crippen molar-refractivity contribution in [2.24, 2.45) is 0 Å². The van der Waals surface area contributed by atoms with Crippen molar-refractivity contribution in [3.63, 3.8) is 0 Å². The Morgan fingerprint density at radius 2 is 2.27 bits per heavy atom. The predicted octanol–water partition coefficient (Wildman–Crippen LogP) is 2.49. The summed E-state index contributed by atoms with van der Waals surface area (Å²) in [6.07, 6.45) is 5.49. The molecule has 4 heteroatoms. The van der Waals surface area contributed by atoms with Gasteiger partial charge in [0.2, 0.25) is 0 Å². The molecule has 1 aliphatic carbocycles. The topological polar surface area (TPSA) is 42.1 Å². The van der Waals surface area contributed by atoms with Crippen LogP contribution in [0.1, 0.15) is 38.3 Å². The molecule has 15 heavy (non-hydrogen) atoms. The number of hydrogen-bond donors (Lipinski definition) is 1. The van der Waals surface area contributed by atoms with Gasteiger partial charge in [0.1, 0.15) is 0 Å². The van der Waals surface area contributed by atoms with Crippen LogP contribution >= 0.6 is 11.3 Å². The smallest absolute Gasteiger partial charge is 0.180 e. The number of nitrogens with two attached hydrogens (primary N) is 1. The van der Waals surface area contributed by atoms with Gasteiger partial charge in [-0.2, -0.15) is 0 Å². The quantitative estimate of drug-likeness (QED) is 0.856. The maximum atomic E-state index is 5.64. The first-order chi connectivity index (χ1) is 7.29. The highest BCUT2D eigenvalue weighted by Gasteiger charge is 2.21. The molecule has 1 aromatic heterocycles. The number of aromatic nitrogens is 1. The lowest BCUT2D eigenvalue weighted by atomic mass is 10.2. The van der Waals surface area contributed by atoms with E-state index in [2.05, 4.69) is 22.2 Å². The second-order valence-corrected chi connectivity index (χ2v) is 5.07. The number of anilines is 1. The molecule has 0 atom stereocenters. The van der Waals surface area contributed by atoms with Crippen LogP contribution in [0.25, 0.3) is 0 Å². The molecule has 1 aromatic rings. The maximum absolute atomic E-state index is 5.64. The average Bonchev–Trinajstić information content (AvgIpc) is 2.85. The van der Waals surface area contributed by atoms with Gasteiger partial charge in [0.15, 0.2) is 5.13 Å². The minimum atomic E-state index is 0.687. The Hall–Kier alpha value is -0.610. The first-order valence-corrected chi connectivity index (χ1v) is 6.61. The Bertz CT molecular complexity index is 305. The number of nitrogens with zero attached hydrogens (tertiary/aromatic N) is 2. The third kappa shape index (κ3) is 2.69. The van der Waals surface area contributed by atoms with Gasteiger partial charge in [-0.3, -0.25) is 4.90 Å². The average molecular weight is 225 g/mol. The lowest BCUT2D eigenvalue weighted by Gasteiger charge is -2.26. The van der Waals surface area contributed by atoms with E-state index in [0.29, 0.717) is 5.13 Å². The molecule has 0 spiro atoms. The molecule has 84 valence electrons. The van der Waals surface area contributed by atoms with E-state index in [1.54, 1.807) is 0 Å². The van der Waals surface area contributed by atoms with Gasteiger partial charge >= 0.3 is 0 Å². The van der Waals surface area contributed by atoms with E-state index in [1.807, 2.05) is 0 Å². The summed E-state index contributed by atoms with van der Waals surface area (Å²) in [5.74, 6) is 0. The summed E-state index contributed by atoms with van der Waals surface area (Å²) in [6.45, 7) is 4.31. The Kier molecular flexibility index (Phi) is 3.59. The minimum absolute atomic E-state index is 0.687. The summed E-state index contributed by atoms with van der Waals surface area (Å²) in [5, 5.41) is 2.76. The van der Waals surface area contributed by atoms with Crippen LogP contribution in [0.4, 0.5) is 5.13 Å². The van der Waals surface area contributed by atoms with Crippen LogP contribution in [-0.4, -0.2) is 22.5 Å². The zero-order valence-corrected chi connectivity index (χ0v) is 10.1. The standard InChI is InChI=1S/C11H19N3S/c1-2-14(10-5-3-4-6-10)7-9-8-15-11(12)13-9/h8,10H,2-7H2,1H3,(H2,12,13). The number of rotatable bonds is 4. The molecule has 0 bridgehead atoms. The highest BCUT2D eigenvalue weighted by Crippen LogP contribution is 2.25. The van der Waals surface area contributed by atoms with Gasteiger partial charge < -0.3 is 5.73 Å². The first kappa shape index (κ1) is 10.9. The molecular weight excluding hydrogens is 206 g/mol. The maximum Gasteiger partial charge on any atom is 0.180 e. The van der Waals surface area contributed by atoms with E-state index in [4.69, 9.17) is 5.73 Å². The van der Waals surface area contributed by atoms with Crippen LogP contribution in [0, 0.1) is 0 Å². The van der Waals surface area contributed by atoms with Crippen LogP contribution < -0.4 is 5.73 Å². The SMILES string of the molecule is CCN(Cc1csc(N)n1)C1CCCC1. The molecular formula is C11H19N3S. The summed E-state index contributed by atoms with van der Waals surface area (Å²) in [5.41, 5.74) is 6.77. The van der Waals surface area contributed by atoms with Gasteiger partial charge in [0, 0.05) is 18.0 Å². The van der Waals surface area contributed by atoms with Crippen molar-refractivity contribution in [1.29, 1.82) is 0 Å². The second-order valence-electron chi connectivity index (χ2n) is 4.18. The summed E-state index contributed by atoms with van der Waals surface area (Å²) in [4.78, 5) is 6.85. The van der Waals surface area contributed by atoms with Crippen LogP contribution in [0.2, 0.25) is 0 Å². The van der Waals surface area contributed by atoms with Crippen LogP contribution in [0.3, 0.4) is 0 Å². The predicted molar refractivity (Wildman–Crippen MR) is 64.9 cm³/mol. The zero-order valence-electron chi connectivity index (χ0n) is 9.28. The Balaban J connectivity index is 1.95. The van der Waals surface area contributed by atoms with E-state index in [0.717, 1.165) is 24.8 Å². The normalized spacial score (nSPS) is 17.7. The number of hydrogen-bond acceptors (Lipinski definition) is 4. The largest absolute Gasteiger partial charge is 0.375 e. The molecule has 0 aromatic carbocycles. The fourth-order valence-corrected chi connectivity index (χ4v) is 2.93. The van der Waals surface area contributed by atoms with Crippen molar-refractivity contribution in [1.82, 2.24) is 9.88 Å². The summed E-state index contributed by atoms with van der Waals surface area (Å²) in [6, 6.07) is 0.776. The molecule has 0 aliphatic heterocycles. The fraction of sp³-hybridized carbons (Fsp3) is 0.727. The Morgan fingerprint density at radius 3 is 2.80 bits per heavy atom. The fourth-order valence-electron chi connectivity index (χ4n) is 2.37. The monoisotopic (exact) mass is 225 g/mol.